The quantitative estimate of drug-likeness (QED) is 0.912. The average Bonchev–Trinajstić information content (AvgIpc) is 3.07. The molecular weight excluding hydrogens is 274 g/mol. The maximum Gasteiger partial charge on any atom is 0.307 e. The predicted octanol–water partition coefficient (Wildman–Crippen LogP) is 2.69. The molecule has 1 N–H and O–H groups in total. The lowest BCUT2D eigenvalue weighted by Gasteiger charge is -2.36. The summed E-state index contributed by atoms with van der Waals surface area (Å²) < 4.78 is 0. The number of nitrogens with zero attached hydrogens (tertiary/aromatic N) is 1. The van der Waals surface area contributed by atoms with Crippen LogP contribution in [0.4, 0.5) is 0 Å². The van der Waals surface area contributed by atoms with Gasteiger partial charge in [-0.2, -0.15) is 0 Å². The molecule has 0 bridgehead atoms. The monoisotopic (exact) mass is 293 g/mol. The number of hydrogen-bond donors (Lipinski definition) is 1. The van der Waals surface area contributed by atoms with Gasteiger partial charge in [-0.1, -0.05) is 6.42 Å². The molecule has 2 aliphatic rings. The second-order valence-electron chi connectivity index (χ2n) is 5.74. The molecule has 0 aromatic carbocycles. The van der Waals surface area contributed by atoms with E-state index in [4.69, 9.17) is 0 Å². The maximum absolute atomic E-state index is 12.7. The van der Waals surface area contributed by atoms with Crippen LogP contribution in [0.3, 0.4) is 0 Å². The molecule has 2 heterocycles. The van der Waals surface area contributed by atoms with Gasteiger partial charge in [0.2, 0.25) is 5.91 Å². The second kappa shape index (κ2) is 5.20. The third-order valence-corrected chi connectivity index (χ3v) is 5.71. The first-order valence-corrected chi connectivity index (χ1v) is 8.07. The van der Waals surface area contributed by atoms with Gasteiger partial charge in [-0.05, 0) is 43.2 Å². The van der Waals surface area contributed by atoms with Gasteiger partial charge in [0.15, 0.2) is 0 Å². The third kappa shape index (κ3) is 2.14. The molecule has 0 radical (unpaired) electrons. The maximum atomic E-state index is 12.7. The molecular formula is C15H19NO3S. The Morgan fingerprint density at radius 3 is 2.85 bits per heavy atom. The Hall–Kier alpha value is -1.36. The molecule has 1 saturated carbocycles. The van der Waals surface area contributed by atoms with Crippen molar-refractivity contribution in [3.63, 3.8) is 0 Å². The van der Waals surface area contributed by atoms with Crippen molar-refractivity contribution in [1.82, 2.24) is 4.90 Å². The molecule has 3 atom stereocenters. The first-order chi connectivity index (χ1) is 9.59. The van der Waals surface area contributed by atoms with Crippen molar-refractivity contribution in [3.8, 4) is 0 Å². The fourth-order valence-corrected chi connectivity index (χ4v) is 4.54. The van der Waals surface area contributed by atoms with Crippen LogP contribution in [0.25, 0.3) is 0 Å². The van der Waals surface area contributed by atoms with Gasteiger partial charge in [0.25, 0.3) is 0 Å². The van der Waals surface area contributed by atoms with E-state index in [2.05, 4.69) is 11.4 Å². The summed E-state index contributed by atoms with van der Waals surface area (Å²) in [5, 5.41) is 11.3. The highest BCUT2D eigenvalue weighted by Gasteiger charge is 2.41. The average molecular weight is 293 g/mol. The normalized spacial score (nSPS) is 29.2. The molecule has 0 spiro atoms. The van der Waals surface area contributed by atoms with Gasteiger partial charge in [0.05, 0.1) is 17.9 Å². The number of carbonyl (C=O) groups is 2. The molecule has 1 fully saturated rings. The van der Waals surface area contributed by atoms with Crippen molar-refractivity contribution in [3.05, 3.63) is 21.9 Å². The van der Waals surface area contributed by atoms with Crippen LogP contribution in [-0.4, -0.2) is 28.4 Å². The lowest BCUT2D eigenvalue weighted by Crippen LogP contribution is -2.43. The minimum atomic E-state index is -0.818. The van der Waals surface area contributed by atoms with Crippen LogP contribution in [0.5, 0.6) is 0 Å². The summed E-state index contributed by atoms with van der Waals surface area (Å²) in [4.78, 5) is 27.2. The highest BCUT2D eigenvalue weighted by Crippen LogP contribution is 2.38. The van der Waals surface area contributed by atoms with E-state index in [1.165, 1.54) is 10.4 Å². The summed E-state index contributed by atoms with van der Waals surface area (Å²) in [6.45, 7) is 2.77. The molecule has 1 aliphatic carbocycles. The van der Waals surface area contributed by atoms with Gasteiger partial charge >= 0.3 is 5.97 Å². The summed E-state index contributed by atoms with van der Waals surface area (Å²) in [5.74, 6) is -1.59. The molecule has 1 aromatic heterocycles. The van der Waals surface area contributed by atoms with Crippen LogP contribution in [0, 0.1) is 11.8 Å². The first-order valence-electron chi connectivity index (χ1n) is 7.19. The van der Waals surface area contributed by atoms with Gasteiger partial charge in [-0.15, -0.1) is 11.3 Å². The number of carbonyl (C=O) groups excluding carboxylic acids is 1. The van der Waals surface area contributed by atoms with E-state index < -0.39 is 11.9 Å². The zero-order chi connectivity index (χ0) is 14.3. The number of hydrogen-bond acceptors (Lipinski definition) is 3. The largest absolute Gasteiger partial charge is 0.481 e. The molecule has 4 nitrogen and oxygen atoms in total. The first kappa shape index (κ1) is 13.6. The topological polar surface area (TPSA) is 57.6 Å². The molecule has 3 rings (SSSR count). The van der Waals surface area contributed by atoms with Gasteiger partial charge in [0.1, 0.15) is 0 Å². The van der Waals surface area contributed by atoms with Gasteiger partial charge < -0.3 is 10.0 Å². The summed E-state index contributed by atoms with van der Waals surface area (Å²) in [5.41, 5.74) is 1.24. The molecule has 1 aromatic rings. The number of fused-ring (bicyclic) bond motifs is 1. The number of amides is 1. The molecule has 1 aliphatic heterocycles. The summed E-state index contributed by atoms with van der Waals surface area (Å²) in [7, 11) is 0. The van der Waals surface area contributed by atoms with Crippen molar-refractivity contribution in [2.45, 2.75) is 38.6 Å². The van der Waals surface area contributed by atoms with Crippen LogP contribution in [-0.2, 0) is 16.0 Å². The fourth-order valence-electron chi connectivity index (χ4n) is 3.57. The Bertz CT molecular complexity index is 539. The van der Waals surface area contributed by atoms with Crippen molar-refractivity contribution < 1.29 is 14.7 Å². The minimum absolute atomic E-state index is 0.0410. The van der Waals surface area contributed by atoms with Gasteiger partial charge in [-0.25, -0.2) is 0 Å². The van der Waals surface area contributed by atoms with E-state index in [1.807, 2.05) is 11.8 Å². The fraction of sp³-hybridized carbons (Fsp3) is 0.600. The van der Waals surface area contributed by atoms with E-state index in [1.54, 1.807) is 11.3 Å². The predicted molar refractivity (Wildman–Crippen MR) is 76.6 cm³/mol. The van der Waals surface area contributed by atoms with E-state index in [0.717, 1.165) is 25.8 Å². The van der Waals surface area contributed by atoms with Crippen LogP contribution >= 0.6 is 11.3 Å². The van der Waals surface area contributed by atoms with Crippen molar-refractivity contribution in [2.75, 3.05) is 6.54 Å². The lowest BCUT2D eigenvalue weighted by atomic mass is 9.92. The molecule has 20 heavy (non-hydrogen) atoms. The Kier molecular flexibility index (Phi) is 3.54. The van der Waals surface area contributed by atoms with Crippen LogP contribution in [0.1, 0.15) is 42.7 Å². The zero-order valence-corrected chi connectivity index (χ0v) is 12.4. The molecule has 0 saturated heterocycles. The Labute approximate surface area is 122 Å². The van der Waals surface area contributed by atoms with Crippen LogP contribution < -0.4 is 0 Å². The minimum Gasteiger partial charge on any atom is -0.481 e. The number of carboxylic acids is 1. The van der Waals surface area contributed by atoms with E-state index in [-0.39, 0.29) is 17.9 Å². The zero-order valence-electron chi connectivity index (χ0n) is 11.5. The van der Waals surface area contributed by atoms with E-state index >= 15 is 0 Å². The number of thiophene rings is 1. The Morgan fingerprint density at radius 1 is 1.35 bits per heavy atom. The van der Waals surface area contributed by atoms with Crippen molar-refractivity contribution in [2.24, 2.45) is 11.8 Å². The lowest BCUT2D eigenvalue weighted by molar-refractivity contribution is -0.150. The second-order valence-corrected chi connectivity index (χ2v) is 6.74. The molecule has 108 valence electrons. The van der Waals surface area contributed by atoms with E-state index in [9.17, 15) is 14.7 Å². The smallest absolute Gasteiger partial charge is 0.307 e. The van der Waals surface area contributed by atoms with Gasteiger partial charge in [0, 0.05) is 11.4 Å². The summed E-state index contributed by atoms with van der Waals surface area (Å²) in [6.07, 6.45) is 3.10. The molecule has 1 amide bonds. The number of carboxylic acid groups (broad SMARTS) is 1. The Balaban J connectivity index is 1.80. The van der Waals surface area contributed by atoms with Gasteiger partial charge in [-0.3, -0.25) is 9.59 Å². The van der Waals surface area contributed by atoms with Crippen molar-refractivity contribution in [1.29, 1.82) is 0 Å². The highest BCUT2D eigenvalue weighted by atomic mass is 32.1. The highest BCUT2D eigenvalue weighted by molar-refractivity contribution is 7.10. The van der Waals surface area contributed by atoms with Crippen LogP contribution in [0.2, 0.25) is 0 Å². The van der Waals surface area contributed by atoms with Crippen molar-refractivity contribution >= 4 is 23.2 Å². The molecule has 5 heteroatoms. The van der Waals surface area contributed by atoms with Crippen LogP contribution in [0.15, 0.2) is 11.4 Å². The Morgan fingerprint density at radius 2 is 2.10 bits per heavy atom. The SMILES string of the molecule is CC1c2ccsc2CCN1C(=O)[C@@H]1CCC[C@@H]1C(=O)O. The number of rotatable bonds is 2. The summed E-state index contributed by atoms with van der Waals surface area (Å²) >= 11 is 1.75. The standard InChI is InChI=1S/C15H19NO3S/c1-9-10-6-8-20-13(10)5-7-16(9)14(17)11-3-2-4-12(11)15(18)19/h6,8-9,11-12H,2-5,7H2,1H3,(H,18,19)/t9?,11-,12+/m1/s1. The molecule has 1 unspecified atom stereocenters. The summed E-state index contributed by atoms with van der Waals surface area (Å²) in [6, 6.07) is 2.17. The number of aliphatic carboxylic acids is 1. The van der Waals surface area contributed by atoms with E-state index in [0.29, 0.717) is 6.42 Å². The third-order valence-electron chi connectivity index (χ3n) is 4.71.